The summed E-state index contributed by atoms with van der Waals surface area (Å²) in [4.78, 5) is 37.9. The van der Waals surface area contributed by atoms with Crippen LogP contribution in [0.3, 0.4) is 0 Å². The number of hydrogen-bond donors (Lipinski definition) is 2. The molecule has 0 bridgehead atoms. The lowest BCUT2D eigenvalue weighted by Crippen LogP contribution is -2.53. The van der Waals surface area contributed by atoms with Gasteiger partial charge < -0.3 is 9.84 Å². The maximum absolute atomic E-state index is 13.1. The van der Waals surface area contributed by atoms with E-state index in [0.717, 1.165) is 4.90 Å². The third-order valence-electron chi connectivity index (χ3n) is 4.02. The standard InChI is InChI=1S/C19H14BrFN2O5/c1-28-15-8-11(7-14(20)16(15)24)6-13-17(25)22-19(27)23(18(13)26)9-10-2-4-12(21)5-3-10/h2-8,24H,9H2,1H3,(H,22,25,27). The van der Waals surface area contributed by atoms with E-state index in [1.807, 2.05) is 0 Å². The van der Waals surface area contributed by atoms with E-state index in [1.165, 1.54) is 49.6 Å². The van der Waals surface area contributed by atoms with Crippen molar-refractivity contribution in [2.24, 2.45) is 0 Å². The van der Waals surface area contributed by atoms with Crippen molar-refractivity contribution in [1.82, 2.24) is 10.2 Å². The minimum Gasteiger partial charge on any atom is -0.503 e. The summed E-state index contributed by atoms with van der Waals surface area (Å²) >= 11 is 3.16. The molecule has 0 atom stereocenters. The number of ether oxygens (including phenoxy) is 1. The molecule has 2 aromatic rings. The quantitative estimate of drug-likeness (QED) is 0.553. The zero-order valence-corrected chi connectivity index (χ0v) is 16.1. The summed E-state index contributed by atoms with van der Waals surface area (Å²) in [5.41, 5.74) is 0.658. The summed E-state index contributed by atoms with van der Waals surface area (Å²) < 4.78 is 18.4. The molecule has 3 rings (SSSR count). The fraction of sp³-hybridized carbons (Fsp3) is 0.105. The first-order chi connectivity index (χ1) is 13.3. The number of rotatable bonds is 4. The number of urea groups is 1. The average molecular weight is 449 g/mol. The molecule has 0 unspecified atom stereocenters. The van der Waals surface area contributed by atoms with Crippen LogP contribution in [0.1, 0.15) is 11.1 Å². The number of methoxy groups -OCH3 is 1. The lowest BCUT2D eigenvalue weighted by Gasteiger charge is -2.26. The summed E-state index contributed by atoms with van der Waals surface area (Å²) in [6.07, 6.45) is 1.29. The predicted octanol–water partition coefficient (Wildman–Crippen LogP) is 2.96. The summed E-state index contributed by atoms with van der Waals surface area (Å²) in [7, 11) is 1.36. The Morgan fingerprint density at radius 3 is 2.54 bits per heavy atom. The fourth-order valence-electron chi connectivity index (χ4n) is 2.61. The number of carbonyl (C=O) groups excluding carboxylic acids is 3. The summed E-state index contributed by atoms with van der Waals surface area (Å²) in [5, 5.41) is 12.0. The molecule has 7 nitrogen and oxygen atoms in total. The van der Waals surface area contributed by atoms with Crippen LogP contribution in [-0.4, -0.2) is 35.0 Å². The van der Waals surface area contributed by atoms with Gasteiger partial charge in [0.15, 0.2) is 11.5 Å². The van der Waals surface area contributed by atoms with Crippen LogP contribution in [0.5, 0.6) is 11.5 Å². The highest BCUT2D eigenvalue weighted by molar-refractivity contribution is 9.10. The first-order valence-electron chi connectivity index (χ1n) is 8.00. The van der Waals surface area contributed by atoms with Crippen molar-refractivity contribution in [2.75, 3.05) is 7.11 Å². The monoisotopic (exact) mass is 448 g/mol. The molecular weight excluding hydrogens is 435 g/mol. The predicted molar refractivity (Wildman–Crippen MR) is 101 cm³/mol. The Bertz CT molecular complexity index is 1000. The minimum absolute atomic E-state index is 0.127. The number of halogens is 2. The molecule has 1 aliphatic rings. The van der Waals surface area contributed by atoms with Gasteiger partial charge in [-0.05, 0) is 57.4 Å². The third-order valence-corrected chi connectivity index (χ3v) is 4.63. The van der Waals surface area contributed by atoms with Crippen molar-refractivity contribution in [2.45, 2.75) is 6.54 Å². The van der Waals surface area contributed by atoms with E-state index >= 15 is 0 Å². The van der Waals surface area contributed by atoms with Gasteiger partial charge in [-0.2, -0.15) is 0 Å². The van der Waals surface area contributed by atoms with Crippen LogP contribution in [0.25, 0.3) is 6.08 Å². The van der Waals surface area contributed by atoms with Gasteiger partial charge in [0.25, 0.3) is 11.8 Å². The molecule has 9 heteroatoms. The zero-order chi connectivity index (χ0) is 20.4. The molecule has 144 valence electrons. The molecule has 1 saturated heterocycles. The summed E-state index contributed by atoms with van der Waals surface area (Å²) in [5.74, 6) is -2.06. The third kappa shape index (κ3) is 3.89. The number of nitrogens with one attached hydrogen (secondary N) is 1. The van der Waals surface area contributed by atoms with Crippen molar-refractivity contribution in [3.05, 3.63) is 63.4 Å². The Hall–Kier alpha value is -3.20. The molecule has 28 heavy (non-hydrogen) atoms. The van der Waals surface area contributed by atoms with E-state index in [1.54, 1.807) is 0 Å². The molecule has 2 N–H and O–H groups in total. The molecule has 1 fully saturated rings. The van der Waals surface area contributed by atoms with Crippen LogP contribution in [0.15, 0.2) is 46.4 Å². The number of barbiturate groups is 1. The zero-order valence-electron chi connectivity index (χ0n) is 14.5. The molecule has 0 saturated carbocycles. The Labute approximate surface area is 167 Å². The van der Waals surface area contributed by atoms with Gasteiger partial charge in [-0.25, -0.2) is 9.18 Å². The van der Waals surface area contributed by atoms with Crippen LogP contribution in [0.4, 0.5) is 9.18 Å². The van der Waals surface area contributed by atoms with Gasteiger partial charge in [0, 0.05) is 0 Å². The van der Waals surface area contributed by atoms with E-state index in [9.17, 15) is 23.9 Å². The van der Waals surface area contributed by atoms with Crippen LogP contribution >= 0.6 is 15.9 Å². The van der Waals surface area contributed by atoms with Crippen molar-refractivity contribution < 1.29 is 28.6 Å². The Morgan fingerprint density at radius 1 is 1.21 bits per heavy atom. The topological polar surface area (TPSA) is 95.9 Å². The number of benzene rings is 2. The fourth-order valence-corrected chi connectivity index (χ4v) is 3.07. The summed E-state index contributed by atoms with van der Waals surface area (Å²) in [6.45, 7) is -0.127. The second-order valence-corrected chi connectivity index (χ2v) is 6.74. The van der Waals surface area contributed by atoms with Crippen LogP contribution in [0.2, 0.25) is 0 Å². The molecule has 1 heterocycles. The van der Waals surface area contributed by atoms with Gasteiger partial charge >= 0.3 is 6.03 Å². The Kier molecular flexibility index (Phi) is 5.46. The number of aromatic hydroxyl groups is 1. The molecular formula is C19H14BrFN2O5. The number of carbonyl (C=O) groups is 3. The van der Waals surface area contributed by atoms with Gasteiger partial charge in [0.2, 0.25) is 0 Å². The average Bonchev–Trinajstić information content (AvgIpc) is 2.66. The van der Waals surface area contributed by atoms with Crippen molar-refractivity contribution in [3.63, 3.8) is 0 Å². The number of imide groups is 2. The minimum atomic E-state index is -0.860. The van der Waals surface area contributed by atoms with Gasteiger partial charge in [-0.15, -0.1) is 0 Å². The van der Waals surface area contributed by atoms with Gasteiger partial charge in [-0.3, -0.25) is 19.8 Å². The highest BCUT2D eigenvalue weighted by atomic mass is 79.9. The molecule has 0 aromatic heterocycles. The van der Waals surface area contributed by atoms with Crippen molar-refractivity contribution >= 4 is 39.9 Å². The number of hydrogen-bond acceptors (Lipinski definition) is 5. The van der Waals surface area contributed by atoms with Crippen molar-refractivity contribution in [3.8, 4) is 11.5 Å². The van der Waals surface area contributed by atoms with Crippen LogP contribution in [0, 0.1) is 5.82 Å². The highest BCUT2D eigenvalue weighted by Crippen LogP contribution is 2.36. The second kappa shape index (κ2) is 7.81. The van der Waals surface area contributed by atoms with E-state index in [4.69, 9.17) is 4.74 Å². The summed E-state index contributed by atoms with van der Waals surface area (Å²) in [6, 6.07) is 7.38. The molecule has 4 amide bonds. The van der Waals surface area contributed by atoms with Gasteiger partial charge in [0.1, 0.15) is 11.4 Å². The Balaban J connectivity index is 1.94. The Morgan fingerprint density at radius 2 is 1.89 bits per heavy atom. The maximum atomic E-state index is 13.1. The number of amides is 4. The largest absolute Gasteiger partial charge is 0.503 e. The highest BCUT2D eigenvalue weighted by Gasteiger charge is 2.35. The molecule has 0 radical (unpaired) electrons. The first kappa shape index (κ1) is 19.6. The van der Waals surface area contributed by atoms with E-state index in [0.29, 0.717) is 15.6 Å². The SMILES string of the molecule is COc1cc(C=C2C(=O)NC(=O)N(Cc3ccc(F)cc3)C2=O)cc(Br)c1O. The van der Waals surface area contributed by atoms with E-state index in [2.05, 4.69) is 21.2 Å². The number of phenolic OH excluding ortho intramolecular Hbond substituents is 1. The van der Waals surface area contributed by atoms with Crippen LogP contribution in [-0.2, 0) is 16.1 Å². The second-order valence-electron chi connectivity index (χ2n) is 5.89. The van der Waals surface area contributed by atoms with E-state index in [-0.39, 0.29) is 23.6 Å². The smallest absolute Gasteiger partial charge is 0.331 e. The molecule has 1 aliphatic heterocycles. The number of nitrogens with zero attached hydrogens (tertiary/aromatic N) is 1. The lowest BCUT2D eigenvalue weighted by atomic mass is 10.1. The van der Waals surface area contributed by atoms with E-state index < -0.39 is 23.7 Å². The first-order valence-corrected chi connectivity index (χ1v) is 8.79. The van der Waals surface area contributed by atoms with Crippen molar-refractivity contribution in [1.29, 1.82) is 0 Å². The lowest BCUT2D eigenvalue weighted by molar-refractivity contribution is -0.130. The maximum Gasteiger partial charge on any atom is 0.331 e. The molecule has 2 aromatic carbocycles. The van der Waals surface area contributed by atoms with Gasteiger partial charge in [0.05, 0.1) is 18.1 Å². The van der Waals surface area contributed by atoms with Crippen LogP contribution < -0.4 is 10.1 Å². The van der Waals surface area contributed by atoms with Gasteiger partial charge in [-0.1, -0.05) is 12.1 Å². The molecule has 0 aliphatic carbocycles. The number of phenols is 1. The molecule has 0 spiro atoms. The normalized spacial score (nSPS) is 15.8.